The molecule has 0 aliphatic heterocycles. The van der Waals surface area contributed by atoms with E-state index >= 15 is 0 Å². The van der Waals surface area contributed by atoms with Crippen LogP contribution in [0.25, 0.3) is 0 Å². The number of amides is 1. The average Bonchev–Trinajstić information content (AvgIpc) is 2.60. The van der Waals surface area contributed by atoms with Gasteiger partial charge in [0.25, 0.3) is 0 Å². The summed E-state index contributed by atoms with van der Waals surface area (Å²) >= 11 is 0. The molecule has 1 aliphatic rings. The zero-order valence-corrected chi connectivity index (χ0v) is 17.0. The van der Waals surface area contributed by atoms with Crippen LogP contribution in [0, 0.1) is 5.92 Å². The minimum absolute atomic E-state index is 0.205. The quantitative estimate of drug-likeness (QED) is 0.362. The molecule has 2 unspecified atom stereocenters. The molecule has 1 aliphatic carbocycles. The van der Waals surface area contributed by atoms with Gasteiger partial charge in [-0.1, -0.05) is 85.0 Å². The Morgan fingerprint density at radius 3 is 2.08 bits per heavy atom. The van der Waals surface area contributed by atoms with E-state index in [2.05, 4.69) is 32.6 Å². The number of hydrogen-bond donors (Lipinski definition) is 0. The third-order valence-corrected chi connectivity index (χ3v) is 5.84. The molecule has 0 aromatic heterocycles. The van der Waals surface area contributed by atoms with Crippen molar-refractivity contribution in [3.05, 3.63) is 0 Å². The molecular weight excluding hydrogens is 294 g/mol. The lowest BCUT2D eigenvalue weighted by atomic mass is 9.90. The highest BCUT2D eigenvalue weighted by Crippen LogP contribution is 2.28. The maximum atomic E-state index is 13.2. The highest BCUT2D eigenvalue weighted by molar-refractivity contribution is 5.79. The van der Waals surface area contributed by atoms with Gasteiger partial charge in [0.15, 0.2) is 0 Å². The van der Waals surface area contributed by atoms with Gasteiger partial charge in [0.1, 0.15) is 0 Å². The van der Waals surface area contributed by atoms with E-state index < -0.39 is 0 Å². The summed E-state index contributed by atoms with van der Waals surface area (Å²) < 4.78 is 0. The molecule has 0 saturated heterocycles. The van der Waals surface area contributed by atoms with Crippen molar-refractivity contribution in [3.63, 3.8) is 0 Å². The Kier molecular flexibility index (Phi) is 11.5. The van der Waals surface area contributed by atoms with Crippen LogP contribution in [0.15, 0.2) is 0 Å². The van der Waals surface area contributed by atoms with Crippen molar-refractivity contribution in [2.24, 2.45) is 5.92 Å². The van der Waals surface area contributed by atoms with Gasteiger partial charge < -0.3 is 4.90 Å². The third-order valence-electron chi connectivity index (χ3n) is 5.84. The Morgan fingerprint density at radius 1 is 0.875 bits per heavy atom. The van der Waals surface area contributed by atoms with Crippen LogP contribution in [0.3, 0.4) is 0 Å². The summed E-state index contributed by atoms with van der Waals surface area (Å²) in [5.41, 5.74) is 0. The van der Waals surface area contributed by atoms with E-state index in [4.69, 9.17) is 0 Å². The predicted octanol–water partition coefficient (Wildman–Crippen LogP) is 6.72. The maximum absolute atomic E-state index is 13.2. The molecule has 0 spiro atoms. The van der Waals surface area contributed by atoms with Crippen LogP contribution in [0.1, 0.15) is 118 Å². The molecule has 1 amide bonds. The molecule has 24 heavy (non-hydrogen) atoms. The minimum atomic E-state index is 0.205. The van der Waals surface area contributed by atoms with E-state index in [9.17, 15) is 4.79 Å². The molecule has 1 saturated carbocycles. The van der Waals surface area contributed by atoms with Crippen LogP contribution in [0.2, 0.25) is 0 Å². The highest BCUT2D eigenvalue weighted by atomic mass is 16.2. The number of carbonyl (C=O) groups excluding carboxylic acids is 1. The molecule has 0 aromatic carbocycles. The van der Waals surface area contributed by atoms with Crippen molar-refractivity contribution in [2.75, 3.05) is 0 Å². The SMILES string of the molecule is CCCCCCC(C)N(C(=O)C(C)CCCCC)C1CCCCC1. The monoisotopic (exact) mass is 337 g/mol. The second-order valence-electron chi connectivity index (χ2n) is 8.13. The van der Waals surface area contributed by atoms with Gasteiger partial charge in [-0.3, -0.25) is 4.79 Å². The highest BCUT2D eigenvalue weighted by Gasteiger charge is 2.31. The smallest absolute Gasteiger partial charge is 0.225 e. The number of unbranched alkanes of at least 4 members (excludes halogenated alkanes) is 5. The van der Waals surface area contributed by atoms with Crippen LogP contribution in [0.5, 0.6) is 0 Å². The standard InChI is InChI=1S/C22H43NO/c1-5-7-9-12-16-20(4)23(21-17-13-10-14-18-21)22(24)19(3)15-11-8-6-2/h19-21H,5-18H2,1-4H3. The number of carbonyl (C=O) groups is 1. The summed E-state index contributed by atoms with van der Waals surface area (Å²) in [7, 11) is 0. The molecule has 0 heterocycles. The van der Waals surface area contributed by atoms with E-state index in [0.717, 1.165) is 6.42 Å². The number of hydrogen-bond acceptors (Lipinski definition) is 1. The first-order valence-corrected chi connectivity index (χ1v) is 10.9. The first kappa shape index (κ1) is 21.5. The molecule has 0 aromatic rings. The van der Waals surface area contributed by atoms with Crippen molar-refractivity contribution < 1.29 is 4.79 Å². The van der Waals surface area contributed by atoms with Crippen molar-refractivity contribution >= 4 is 5.91 Å². The first-order valence-electron chi connectivity index (χ1n) is 10.9. The zero-order chi connectivity index (χ0) is 17.8. The van der Waals surface area contributed by atoms with E-state index in [0.29, 0.717) is 18.0 Å². The zero-order valence-electron chi connectivity index (χ0n) is 17.0. The van der Waals surface area contributed by atoms with E-state index in [-0.39, 0.29) is 5.92 Å². The van der Waals surface area contributed by atoms with Crippen LogP contribution < -0.4 is 0 Å². The third kappa shape index (κ3) is 7.57. The Labute approximate surface area is 151 Å². The summed E-state index contributed by atoms with van der Waals surface area (Å²) in [5, 5.41) is 0. The fourth-order valence-electron chi connectivity index (χ4n) is 4.20. The van der Waals surface area contributed by atoms with E-state index in [1.54, 1.807) is 0 Å². The molecule has 1 fully saturated rings. The largest absolute Gasteiger partial charge is 0.337 e. The lowest BCUT2D eigenvalue weighted by Crippen LogP contribution is -2.49. The molecular formula is C22H43NO. The normalized spacial score (nSPS) is 18.3. The maximum Gasteiger partial charge on any atom is 0.225 e. The first-order chi connectivity index (χ1) is 11.6. The molecule has 0 N–H and O–H groups in total. The molecule has 1 rings (SSSR count). The Balaban J connectivity index is 2.63. The van der Waals surface area contributed by atoms with Crippen molar-refractivity contribution in [1.82, 2.24) is 4.90 Å². The van der Waals surface area contributed by atoms with E-state index in [1.165, 1.54) is 83.5 Å². The van der Waals surface area contributed by atoms with Crippen molar-refractivity contribution in [1.29, 1.82) is 0 Å². The summed E-state index contributed by atoms with van der Waals surface area (Å²) in [6, 6.07) is 0.937. The van der Waals surface area contributed by atoms with Gasteiger partial charge in [0, 0.05) is 18.0 Å². The number of nitrogens with zero attached hydrogens (tertiary/aromatic N) is 1. The lowest BCUT2D eigenvalue weighted by molar-refractivity contribution is -0.141. The Hall–Kier alpha value is -0.530. The second kappa shape index (κ2) is 12.8. The molecule has 2 atom stereocenters. The Morgan fingerprint density at radius 2 is 1.46 bits per heavy atom. The fraction of sp³-hybridized carbons (Fsp3) is 0.955. The summed E-state index contributed by atoms with van der Waals surface area (Å²) in [6.45, 7) is 8.97. The van der Waals surface area contributed by atoms with Crippen LogP contribution in [-0.4, -0.2) is 22.9 Å². The summed E-state index contributed by atoms with van der Waals surface area (Å²) in [5.74, 6) is 0.651. The fourth-order valence-corrected chi connectivity index (χ4v) is 4.20. The topological polar surface area (TPSA) is 20.3 Å². The van der Waals surface area contributed by atoms with Gasteiger partial charge >= 0.3 is 0 Å². The van der Waals surface area contributed by atoms with Gasteiger partial charge in [-0.25, -0.2) is 0 Å². The van der Waals surface area contributed by atoms with Gasteiger partial charge in [-0.2, -0.15) is 0 Å². The summed E-state index contributed by atoms with van der Waals surface area (Å²) in [6.07, 6.45) is 17.6. The van der Waals surface area contributed by atoms with Gasteiger partial charge in [-0.05, 0) is 32.6 Å². The van der Waals surface area contributed by atoms with Crippen molar-refractivity contribution in [3.8, 4) is 0 Å². The predicted molar refractivity (Wildman–Crippen MR) is 105 cm³/mol. The second-order valence-corrected chi connectivity index (χ2v) is 8.13. The molecule has 2 heteroatoms. The molecule has 0 bridgehead atoms. The van der Waals surface area contributed by atoms with Crippen molar-refractivity contribution in [2.45, 2.75) is 130 Å². The molecule has 0 radical (unpaired) electrons. The van der Waals surface area contributed by atoms with Gasteiger partial charge in [0.2, 0.25) is 5.91 Å². The van der Waals surface area contributed by atoms with Gasteiger partial charge in [0.05, 0.1) is 0 Å². The number of rotatable bonds is 12. The minimum Gasteiger partial charge on any atom is -0.337 e. The molecule has 2 nitrogen and oxygen atoms in total. The van der Waals surface area contributed by atoms with Crippen LogP contribution in [0.4, 0.5) is 0 Å². The lowest BCUT2D eigenvalue weighted by Gasteiger charge is -2.40. The van der Waals surface area contributed by atoms with Gasteiger partial charge in [-0.15, -0.1) is 0 Å². The van der Waals surface area contributed by atoms with Crippen LogP contribution >= 0.6 is 0 Å². The average molecular weight is 338 g/mol. The van der Waals surface area contributed by atoms with Crippen LogP contribution in [-0.2, 0) is 4.79 Å². The Bertz CT molecular complexity index is 322. The molecule has 142 valence electrons. The summed E-state index contributed by atoms with van der Waals surface area (Å²) in [4.78, 5) is 15.5. The van der Waals surface area contributed by atoms with E-state index in [1.807, 2.05) is 0 Å².